The van der Waals surface area contributed by atoms with E-state index >= 15 is 0 Å². The van der Waals surface area contributed by atoms with Crippen LogP contribution in [0.15, 0.2) is 24.4 Å². The van der Waals surface area contributed by atoms with Crippen LogP contribution in [0.4, 0.5) is 26.0 Å². The fourth-order valence-electron chi connectivity index (χ4n) is 2.78. The van der Waals surface area contributed by atoms with Gasteiger partial charge >= 0.3 is 0 Å². The lowest BCUT2D eigenvalue weighted by molar-refractivity contribution is 0.00314. The van der Waals surface area contributed by atoms with Gasteiger partial charge in [0.15, 0.2) is 28.7 Å². The molecule has 0 aliphatic rings. The van der Waals surface area contributed by atoms with Gasteiger partial charge in [-0.05, 0) is 6.92 Å². The van der Waals surface area contributed by atoms with Gasteiger partial charge in [0, 0.05) is 31.8 Å². The summed E-state index contributed by atoms with van der Waals surface area (Å²) < 4.78 is 33.9. The van der Waals surface area contributed by atoms with E-state index in [0.29, 0.717) is 17.4 Å². The van der Waals surface area contributed by atoms with Gasteiger partial charge in [0.1, 0.15) is 11.4 Å². The molecule has 5 N–H and O–H groups in total. The summed E-state index contributed by atoms with van der Waals surface area (Å²) in [5.74, 6) is -2.35. The lowest BCUT2D eigenvalue weighted by atomic mass is 10.1. The number of aliphatic hydroxyl groups is 2. The first-order valence-corrected chi connectivity index (χ1v) is 9.17. The zero-order chi connectivity index (χ0) is 22.8. The Morgan fingerprint density at radius 1 is 1.29 bits per heavy atom. The summed E-state index contributed by atoms with van der Waals surface area (Å²) in [5.41, 5.74) is -0.649. The molecule has 0 unspecified atom stereocenters. The third kappa shape index (κ3) is 4.64. The molecule has 0 saturated carbocycles. The number of carbonyl (C=O) groups is 1. The van der Waals surface area contributed by atoms with E-state index in [2.05, 4.69) is 26.0 Å². The molecule has 10 nitrogen and oxygen atoms in total. The number of hydrogen-bond donors (Lipinski definition) is 5. The average molecular weight is 436 g/mol. The Labute approximate surface area is 175 Å². The van der Waals surface area contributed by atoms with E-state index in [1.165, 1.54) is 24.7 Å². The van der Waals surface area contributed by atoms with Crippen molar-refractivity contribution >= 4 is 28.7 Å². The number of benzene rings is 1. The fraction of sp³-hybridized carbons (Fsp3) is 0.316. The lowest BCUT2D eigenvalue weighted by Gasteiger charge is -2.20. The van der Waals surface area contributed by atoms with Crippen molar-refractivity contribution in [3.63, 3.8) is 0 Å². The number of rotatable bonds is 8. The smallest absolute Gasteiger partial charge is 0.271 e. The molecule has 0 aliphatic heterocycles. The minimum Gasteiger partial charge on any atom is -0.492 e. The molecule has 0 aliphatic carbocycles. The fourth-order valence-corrected chi connectivity index (χ4v) is 2.78. The summed E-state index contributed by atoms with van der Waals surface area (Å²) in [4.78, 5) is 16.8. The summed E-state index contributed by atoms with van der Waals surface area (Å²) >= 11 is 0. The Morgan fingerprint density at radius 3 is 2.68 bits per heavy atom. The number of aromatic nitrogens is 3. The Morgan fingerprint density at radius 2 is 2.03 bits per heavy atom. The number of amides is 1. The molecule has 31 heavy (non-hydrogen) atoms. The number of nitrogens with one attached hydrogen (secondary N) is 3. The molecule has 0 bridgehead atoms. The Kier molecular flexibility index (Phi) is 6.22. The SMILES string of the molecule is CNc1cc(Nc2cc(F)cc(F)c2OC)nn2c(C(=O)NC[C@](C)(O)CO)cnc12. The van der Waals surface area contributed by atoms with Gasteiger partial charge in [-0.3, -0.25) is 4.79 Å². The molecule has 0 spiro atoms. The topological polar surface area (TPSA) is 133 Å². The van der Waals surface area contributed by atoms with Crippen molar-refractivity contribution in [1.82, 2.24) is 19.9 Å². The highest BCUT2D eigenvalue weighted by atomic mass is 19.1. The van der Waals surface area contributed by atoms with Crippen LogP contribution in [0.3, 0.4) is 0 Å². The van der Waals surface area contributed by atoms with E-state index in [1.807, 2.05) is 0 Å². The highest BCUT2D eigenvalue weighted by Gasteiger charge is 2.23. The summed E-state index contributed by atoms with van der Waals surface area (Å²) in [5, 5.41) is 31.5. The van der Waals surface area contributed by atoms with Crippen molar-refractivity contribution in [2.24, 2.45) is 0 Å². The number of ether oxygens (including phenoxy) is 1. The predicted octanol–water partition coefficient (Wildman–Crippen LogP) is 1.27. The molecule has 12 heteroatoms. The van der Waals surface area contributed by atoms with Crippen LogP contribution in [0.25, 0.3) is 5.65 Å². The molecule has 3 rings (SSSR count). The van der Waals surface area contributed by atoms with Crippen LogP contribution in [-0.4, -0.2) is 63.6 Å². The molecular formula is C19H22F2N6O4. The maximum atomic E-state index is 14.0. The van der Waals surface area contributed by atoms with E-state index in [4.69, 9.17) is 9.84 Å². The van der Waals surface area contributed by atoms with Crippen LogP contribution in [-0.2, 0) is 0 Å². The van der Waals surface area contributed by atoms with Crippen molar-refractivity contribution < 1.29 is 28.5 Å². The maximum Gasteiger partial charge on any atom is 0.271 e. The van der Waals surface area contributed by atoms with Gasteiger partial charge in [-0.1, -0.05) is 0 Å². The van der Waals surface area contributed by atoms with Crippen LogP contribution in [0.5, 0.6) is 5.75 Å². The Bertz CT molecular complexity index is 1120. The zero-order valence-corrected chi connectivity index (χ0v) is 17.0. The molecule has 0 fully saturated rings. The highest BCUT2D eigenvalue weighted by molar-refractivity contribution is 5.94. The Hall–Kier alpha value is -3.51. The first kappa shape index (κ1) is 22.2. The molecular weight excluding hydrogens is 414 g/mol. The normalized spacial score (nSPS) is 13.0. The van der Waals surface area contributed by atoms with Gasteiger partial charge in [-0.15, -0.1) is 5.10 Å². The average Bonchev–Trinajstić information content (AvgIpc) is 3.15. The molecule has 2 heterocycles. The van der Waals surface area contributed by atoms with E-state index in [1.54, 1.807) is 13.1 Å². The standard InChI is InChI=1S/C19H22F2N6O4/c1-19(30,9-28)8-24-18(29)14-7-23-17-13(22-2)6-15(26-27(14)17)25-12-5-10(20)4-11(21)16(12)31-3/h4-7,22,28,30H,8-9H2,1-3H3,(H,24,29)(H,25,26)/t19-/m0/s1. The second-order valence-corrected chi connectivity index (χ2v) is 7.00. The number of anilines is 3. The number of nitrogens with zero attached hydrogens (tertiary/aromatic N) is 3. The van der Waals surface area contributed by atoms with Crippen LogP contribution in [0.2, 0.25) is 0 Å². The molecule has 2 aromatic heterocycles. The minimum atomic E-state index is -1.50. The van der Waals surface area contributed by atoms with E-state index in [0.717, 1.165) is 6.07 Å². The largest absolute Gasteiger partial charge is 0.492 e. The molecule has 0 radical (unpaired) electrons. The number of hydrogen-bond acceptors (Lipinski definition) is 8. The molecule has 1 amide bonds. The van der Waals surface area contributed by atoms with Crippen LogP contribution >= 0.6 is 0 Å². The molecule has 1 atom stereocenters. The highest BCUT2D eigenvalue weighted by Crippen LogP contribution is 2.32. The monoisotopic (exact) mass is 436 g/mol. The summed E-state index contributed by atoms with van der Waals surface area (Å²) in [6.45, 7) is 0.626. The van der Waals surface area contributed by atoms with Crippen molar-refractivity contribution in [2.75, 3.05) is 37.9 Å². The van der Waals surface area contributed by atoms with Gasteiger partial charge in [0.25, 0.3) is 5.91 Å². The van der Waals surface area contributed by atoms with Gasteiger partial charge in [0.2, 0.25) is 0 Å². The second-order valence-electron chi connectivity index (χ2n) is 7.00. The Balaban J connectivity index is 2.00. The second kappa shape index (κ2) is 8.70. The first-order chi connectivity index (χ1) is 14.7. The van der Waals surface area contributed by atoms with E-state index < -0.39 is 29.7 Å². The molecule has 3 aromatic rings. The zero-order valence-electron chi connectivity index (χ0n) is 17.0. The van der Waals surface area contributed by atoms with Gasteiger partial charge < -0.3 is 30.9 Å². The third-order valence-corrected chi connectivity index (χ3v) is 4.42. The number of aliphatic hydroxyl groups excluding tert-OH is 1. The number of methoxy groups -OCH3 is 1. The van der Waals surface area contributed by atoms with Crippen LogP contribution < -0.4 is 20.7 Å². The summed E-state index contributed by atoms with van der Waals surface area (Å²) in [6, 6.07) is 3.29. The van der Waals surface area contributed by atoms with Crippen LogP contribution in [0.1, 0.15) is 17.4 Å². The molecule has 0 saturated heterocycles. The summed E-state index contributed by atoms with van der Waals surface area (Å²) in [7, 11) is 2.88. The van der Waals surface area contributed by atoms with Gasteiger partial charge in [-0.2, -0.15) is 0 Å². The van der Waals surface area contributed by atoms with E-state index in [9.17, 15) is 18.7 Å². The number of halogens is 2. The van der Waals surface area contributed by atoms with Crippen molar-refractivity contribution in [2.45, 2.75) is 12.5 Å². The van der Waals surface area contributed by atoms with Crippen molar-refractivity contribution in [1.29, 1.82) is 0 Å². The number of imidazole rings is 1. The van der Waals surface area contributed by atoms with Gasteiger partial charge in [-0.25, -0.2) is 18.3 Å². The quantitative estimate of drug-likeness (QED) is 0.357. The minimum absolute atomic E-state index is 0.000914. The van der Waals surface area contributed by atoms with Crippen molar-refractivity contribution in [3.8, 4) is 5.75 Å². The molecule has 166 valence electrons. The van der Waals surface area contributed by atoms with Crippen molar-refractivity contribution in [3.05, 3.63) is 41.7 Å². The van der Waals surface area contributed by atoms with E-state index in [-0.39, 0.29) is 29.5 Å². The predicted molar refractivity (Wildman–Crippen MR) is 109 cm³/mol. The third-order valence-electron chi connectivity index (χ3n) is 4.42. The number of fused-ring (bicyclic) bond motifs is 1. The van der Waals surface area contributed by atoms with Gasteiger partial charge in [0.05, 0.1) is 31.3 Å². The molecule has 1 aromatic carbocycles. The van der Waals surface area contributed by atoms with Crippen LogP contribution in [0, 0.1) is 11.6 Å². The number of carbonyl (C=O) groups excluding carboxylic acids is 1. The maximum absolute atomic E-state index is 14.0. The lowest BCUT2D eigenvalue weighted by Crippen LogP contribution is -2.43. The summed E-state index contributed by atoms with van der Waals surface area (Å²) in [6.07, 6.45) is 1.29. The first-order valence-electron chi connectivity index (χ1n) is 9.17.